The second kappa shape index (κ2) is 4.23. The highest BCUT2D eigenvalue weighted by atomic mass is 16.5. The van der Waals surface area contributed by atoms with Crippen LogP contribution in [-0.4, -0.2) is 15.2 Å². The van der Waals surface area contributed by atoms with Gasteiger partial charge in [-0.3, -0.25) is 0 Å². The van der Waals surface area contributed by atoms with Gasteiger partial charge in [0, 0.05) is 12.0 Å². The molecule has 0 aliphatic rings. The van der Waals surface area contributed by atoms with Crippen molar-refractivity contribution in [2.75, 3.05) is 0 Å². The minimum Gasteiger partial charge on any atom is -0.392 e. The number of hydrogen-bond donors (Lipinski definition) is 1. The summed E-state index contributed by atoms with van der Waals surface area (Å²) in [5.74, 6) is 1.23. The van der Waals surface area contributed by atoms with Gasteiger partial charge in [0.25, 0.3) is 0 Å². The van der Waals surface area contributed by atoms with Gasteiger partial charge in [-0.15, -0.1) is 0 Å². The van der Waals surface area contributed by atoms with Gasteiger partial charge in [0.15, 0.2) is 0 Å². The summed E-state index contributed by atoms with van der Waals surface area (Å²) in [4.78, 5) is 4.21. The number of rotatable bonds is 3. The average Bonchev–Trinajstić information content (AvgIpc) is 2.78. The molecule has 0 spiro atoms. The third-order valence-corrected chi connectivity index (χ3v) is 2.17. The molecule has 1 heterocycles. The van der Waals surface area contributed by atoms with Crippen molar-refractivity contribution < 1.29 is 9.63 Å². The Morgan fingerprint density at radius 3 is 2.53 bits per heavy atom. The molecule has 2 aromatic rings. The highest BCUT2D eigenvalue weighted by Gasteiger charge is 2.06. The summed E-state index contributed by atoms with van der Waals surface area (Å²) in [7, 11) is 0. The molecule has 0 unspecified atom stereocenters. The number of hydrogen-bond acceptors (Lipinski definition) is 4. The Bertz CT molecular complexity index is 434. The van der Waals surface area contributed by atoms with E-state index in [1.54, 1.807) is 0 Å². The highest BCUT2D eigenvalue weighted by molar-refractivity contribution is 5.54. The van der Waals surface area contributed by atoms with Crippen molar-refractivity contribution in [2.24, 2.45) is 0 Å². The lowest BCUT2D eigenvalue weighted by Crippen LogP contribution is -1.85. The van der Waals surface area contributed by atoms with Crippen molar-refractivity contribution in [1.29, 1.82) is 0 Å². The first-order chi connectivity index (χ1) is 7.33. The molecule has 4 nitrogen and oxygen atoms in total. The van der Waals surface area contributed by atoms with E-state index in [4.69, 9.17) is 9.63 Å². The Balaban J connectivity index is 2.28. The van der Waals surface area contributed by atoms with Gasteiger partial charge < -0.3 is 9.63 Å². The lowest BCUT2D eigenvalue weighted by molar-refractivity contribution is 0.282. The predicted molar refractivity (Wildman–Crippen MR) is 55.0 cm³/mol. The largest absolute Gasteiger partial charge is 0.392 e. The lowest BCUT2D eigenvalue weighted by Gasteiger charge is -1.96. The molecule has 15 heavy (non-hydrogen) atoms. The van der Waals surface area contributed by atoms with E-state index in [2.05, 4.69) is 10.1 Å². The molecule has 0 saturated heterocycles. The maximum atomic E-state index is 8.89. The fourth-order valence-electron chi connectivity index (χ4n) is 1.27. The van der Waals surface area contributed by atoms with E-state index in [-0.39, 0.29) is 6.61 Å². The summed E-state index contributed by atoms with van der Waals surface area (Å²) in [5.41, 5.74) is 1.77. The van der Waals surface area contributed by atoms with Crippen molar-refractivity contribution in [3.05, 3.63) is 35.7 Å². The van der Waals surface area contributed by atoms with E-state index in [1.165, 1.54) is 0 Å². The summed E-state index contributed by atoms with van der Waals surface area (Å²) in [6.07, 6.45) is 0.738. The molecule has 0 aliphatic carbocycles. The van der Waals surface area contributed by atoms with Crippen molar-refractivity contribution in [2.45, 2.75) is 20.0 Å². The molecule has 1 aromatic heterocycles. The van der Waals surface area contributed by atoms with E-state index in [0.29, 0.717) is 11.7 Å². The smallest absolute Gasteiger partial charge is 0.226 e. The Morgan fingerprint density at radius 2 is 2.00 bits per heavy atom. The van der Waals surface area contributed by atoms with Crippen LogP contribution in [0.2, 0.25) is 0 Å². The van der Waals surface area contributed by atoms with Crippen molar-refractivity contribution in [3.63, 3.8) is 0 Å². The maximum absolute atomic E-state index is 8.89. The highest BCUT2D eigenvalue weighted by Crippen LogP contribution is 2.16. The minimum atomic E-state index is 0.0483. The first-order valence-corrected chi connectivity index (χ1v) is 4.86. The molecular formula is C11H12N2O2. The molecule has 0 fully saturated rings. The normalized spacial score (nSPS) is 10.5. The topological polar surface area (TPSA) is 59.2 Å². The SMILES string of the molecule is CCc1nc(-c2ccc(CO)cc2)no1. The van der Waals surface area contributed by atoms with E-state index in [1.807, 2.05) is 31.2 Å². The van der Waals surface area contributed by atoms with Gasteiger partial charge in [0.05, 0.1) is 6.61 Å². The third-order valence-electron chi connectivity index (χ3n) is 2.17. The number of nitrogens with zero attached hydrogens (tertiary/aromatic N) is 2. The fourth-order valence-corrected chi connectivity index (χ4v) is 1.27. The first-order valence-electron chi connectivity index (χ1n) is 4.86. The summed E-state index contributed by atoms with van der Waals surface area (Å²) in [6, 6.07) is 7.43. The zero-order chi connectivity index (χ0) is 10.7. The summed E-state index contributed by atoms with van der Waals surface area (Å²) < 4.78 is 5.01. The predicted octanol–water partition coefficient (Wildman–Crippen LogP) is 1.79. The van der Waals surface area contributed by atoms with Crippen LogP contribution in [0.4, 0.5) is 0 Å². The van der Waals surface area contributed by atoms with E-state index in [9.17, 15) is 0 Å². The average molecular weight is 204 g/mol. The van der Waals surface area contributed by atoms with Gasteiger partial charge in [-0.05, 0) is 5.56 Å². The Kier molecular flexibility index (Phi) is 2.78. The molecule has 0 amide bonds. The van der Waals surface area contributed by atoms with Crippen LogP contribution in [0, 0.1) is 0 Å². The molecular weight excluding hydrogens is 192 g/mol. The van der Waals surface area contributed by atoms with Gasteiger partial charge in [-0.1, -0.05) is 36.3 Å². The molecule has 0 radical (unpaired) electrons. The van der Waals surface area contributed by atoms with Gasteiger partial charge in [0.2, 0.25) is 11.7 Å². The van der Waals surface area contributed by atoms with Crippen LogP contribution < -0.4 is 0 Å². The molecule has 0 aliphatic heterocycles. The first kappa shape index (κ1) is 9.86. The van der Waals surface area contributed by atoms with Crippen LogP contribution in [-0.2, 0) is 13.0 Å². The molecule has 78 valence electrons. The molecule has 0 bridgehead atoms. The van der Waals surface area contributed by atoms with Gasteiger partial charge >= 0.3 is 0 Å². The van der Waals surface area contributed by atoms with E-state index < -0.39 is 0 Å². The number of aliphatic hydroxyl groups is 1. The Morgan fingerprint density at radius 1 is 1.27 bits per heavy atom. The number of aromatic nitrogens is 2. The van der Waals surface area contributed by atoms with Gasteiger partial charge in [-0.25, -0.2) is 0 Å². The lowest BCUT2D eigenvalue weighted by atomic mass is 10.1. The summed E-state index contributed by atoms with van der Waals surface area (Å²) in [5, 5.41) is 12.8. The second-order valence-electron chi connectivity index (χ2n) is 3.22. The number of benzene rings is 1. The van der Waals surface area contributed by atoms with Crippen LogP contribution in [0.25, 0.3) is 11.4 Å². The van der Waals surface area contributed by atoms with Crippen LogP contribution in [0.5, 0.6) is 0 Å². The monoisotopic (exact) mass is 204 g/mol. The van der Waals surface area contributed by atoms with Crippen LogP contribution in [0.1, 0.15) is 18.4 Å². The molecule has 0 atom stereocenters. The van der Waals surface area contributed by atoms with Crippen molar-refractivity contribution in [1.82, 2.24) is 10.1 Å². The summed E-state index contributed by atoms with van der Waals surface area (Å²) >= 11 is 0. The summed E-state index contributed by atoms with van der Waals surface area (Å²) in [6.45, 7) is 2.01. The fraction of sp³-hybridized carbons (Fsp3) is 0.273. The molecule has 2 rings (SSSR count). The number of aryl methyl sites for hydroxylation is 1. The van der Waals surface area contributed by atoms with E-state index >= 15 is 0 Å². The number of aliphatic hydroxyl groups excluding tert-OH is 1. The zero-order valence-corrected chi connectivity index (χ0v) is 8.47. The van der Waals surface area contributed by atoms with Gasteiger partial charge in [0.1, 0.15) is 0 Å². The molecule has 4 heteroatoms. The standard InChI is InChI=1S/C11H12N2O2/c1-2-10-12-11(13-15-10)9-5-3-8(7-14)4-6-9/h3-6,14H,2,7H2,1H3. The van der Waals surface area contributed by atoms with Crippen LogP contribution >= 0.6 is 0 Å². The Hall–Kier alpha value is -1.68. The van der Waals surface area contributed by atoms with Crippen LogP contribution in [0.15, 0.2) is 28.8 Å². The van der Waals surface area contributed by atoms with Crippen molar-refractivity contribution in [3.8, 4) is 11.4 Å². The van der Waals surface area contributed by atoms with E-state index in [0.717, 1.165) is 17.5 Å². The quantitative estimate of drug-likeness (QED) is 0.828. The molecule has 1 aromatic carbocycles. The minimum absolute atomic E-state index is 0.0483. The maximum Gasteiger partial charge on any atom is 0.226 e. The van der Waals surface area contributed by atoms with Crippen molar-refractivity contribution >= 4 is 0 Å². The zero-order valence-electron chi connectivity index (χ0n) is 8.47. The second-order valence-corrected chi connectivity index (χ2v) is 3.22. The third kappa shape index (κ3) is 2.05. The Labute approximate surface area is 87.6 Å². The molecule has 0 saturated carbocycles. The van der Waals surface area contributed by atoms with Crippen LogP contribution in [0.3, 0.4) is 0 Å². The van der Waals surface area contributed by atoms with Gasteiger partial charge in [-0.2, -0.15) is 4.98 Å². The molecule has 1 N–H and O–H groups in total.